The number of aliphatic imine (C=N–C) groups is 1. The zero-order valence-corrected chi connectivity index (χ0v) is 13.4. The van der Waals surface area contributed by atoms with Crippen molar-refractivity contribution in [3.8, 4) is 10.8 Å². The van der Waals surface area contributed by atoms with Crippen molar-refractivity contribution < 1.29 is 9.15 Å². The Morgan fingerprint density at radius 3 is 3.18 bits per heavy atom. The zero-order valence-electron chi connectivity index (χ0n) is 12.5. The molecule has 1 fully saturated rings. The molecule has 7 heteroatoms. The van der Waals surface area contributed by atoms with Gasteiger partial charge in [-0.2, -0.15) is 0 Å². The van der Waals surface area contributed by atoms with Gasteiger partial charge in [-0.15, -0.1) is 11.3 Å². The number of thiophene rings is 1. The number of guanidine groups is 1. The van der Waals surface area contributed by atoms with E-state index in [4.69, 9.17) is 9.15 Å². The Bertz CT molecular complexity index is 603. The van der Waals surface area contributed by atoms with Crippen LogP contribution in [0, 0.1) is 0 Å². The first-order valence-corrected chi connectivity index (χ1v) is 8.27. The predicted octanol–water partition coefficient (Wildman–Crippen LogP) is 2.25. The third-order valence-electron chi connectivity index (χ3n) is 3.47. The minimum absolute atomic E-state index is 0.288. The molecule has 6 nitrogen and oxygen atoms in total. The Morgan fingerprint density at radius 1 is 1.50 bits per heavy atom. The minimum atomic E-state index is 0.288. The fraction of sp³-hybridized carbons (Fsp3) is 0.467. The highest BCUT2D eigenvalue weighted by atomic mass is 32.1. The molecule has 3 heterocycles. The van der Waals surface area contributed by atoms with Gasteiger partial charge in [0, 0.05) is 20.2 Å². The number of rotatable bonds is 5. The maximum Gasteiger partial charge on any atom is 0.236 e. The van der Waals surface area contributed by atoms with Crippen LogP contribution in [-0.4, -0.2) is 37.2 Å². The van der Waals surface area contributed by atoms with Gasteiger partial charge in [-0.05, 0) is 24.3 Å². The molecule has 0 saturated carbocycles. The summed E-state index contributed by atoms with van der Waals surface area (Å²) in [5, 5.41) is 8.51. The summed E-state index contributed by atoms with van der Waals surface area (Å²) in [6.45, 7) is 2.21. The van der Waals surface area contributed by atoms with E-state index in [2.05, 4.69) is 20.6 Å². The summed E-state index contributed by atoms with van der Waals surface area (Å²) in [6, 6.07) is 3.98. The molecule has 1 aliphatic rings. The van der Waals surface area contributed by atoms with Crippen LogP contribution >= 0.6 is 11.3 Å². The molecule has 1 aliphatic heterocycles. The van der Waals surface area contributed by atoms with Crippen LogP contribution in [0.4, 0.5) is 0 Å². The standard InChI is InChI=1S/C15H20N4O2S/c1-16-15(18-9-12-4-2-6-20-12)17-8-11-10-21-14(19-11)13-5-3-7-22-13/h3,5,7,10,12H,2,4,6,8-9H2,1H3,(H2,16,17,18). The second kappa shape index (κ2) is 7.42. The van der Waals surface area contributed by atoms with Gasteiger partial charge in [0.15, 0.2) is 5.96 Å². The molecular formula is C15H20N4O2S. The number of oxazole rings is 1. The minimum Gasteiger partial charge on any atom is -0.443 e. The Labute approximate surface area is 133 Å². The summed E-state index contributed by atoms with van der Waals surface area (Å²) in [4.78, 5) is 9.71. The van der Waals surface area contributed by atoms with E-state index in [1.165, 1.54) is 0 Å². The fourth-order valence-electron chi connectivity index (χ4n) is 2.31. The quantitative estimate of drug-likeness (QED) is 0.653. The molecule has 0 spiro atoms. The van der Waals surface area contributed by atoms with Crippen molar-refractivity contribution in [2.75, 3.05) is 20.2 Å². The zero-order chi connectivity index (χ0) is 15.2. The van der Waals surface area contributed by atoms with Gasteiger partial charge in [0.1, 0.15) is 6.26 Å². The summed E-state index contributed by atoms with van der Waals surface area (Å²) in [7, 11) is 1.75. The van der Waals surface area contributed by atoms with Crippen LogP contribution in [0.2, 0.25) is 0 Å². The molecule has 1 unspecified atom stereocenters. The molecule has 2 aromatic heterocycles. The lowest BCUT2D eigenvalue weighted by Crippen LogP contribution is -2.40. The Hall–Kier alpha value is -1.86. The van der Waals surface area contributed by atoms with Crippen LogP contribution < -0.4 is 10.6 Å². The third kappa shape index (κ3) is 3.86. The monoisotopic (exact) mass is 320 g/mol. The predicted molar refractivity (Wildman–Crippen MR) is 87.0 cm³/mol. The van der Waals surface area contributed by atoms with Crippen molar-refractivity contribution in [2.45, 2.75) is 25.5 Å². The summed E-state index contributed by atoms with van der Waals surface area (Å²) in [6.07, 6.45) is 4.21. The maximum atomic E-state index is 5.58. The highest BCUT2D eigenvalue weighted by Crippen LogP contribution is 2.23. The van der Waals surface area contributed by atoms with E-state index in [9.17, 15) is 0 Å². The normalized spacial score (nSPS) is 18.6. The lowest BCUT2D eigenvalue weighted by Gasteiger charge is -2.14. The summed E-state index contributed by atoms with van der Waals surface area (Å²) >= 11 is 1.61. The van der Waals surface area contributed by atoms with E-state index in [1.807, 2.05) is 17.5 Å². The lowest BCUT2D eigenvalue weighted by atomic mass is 10.2. The van der Waals surface area contributed by atoms with Gasteiger partial charge in [-0.25, -0.2) is 4.98 Å². The molecule has 0 aromatic carbocycles. The third-order valence-corrected chi connectivity index (χ3v) is 4.32. The number of nitrogens with zero attached hydrogens (tertiary/aromatic N) is 2. The smallest absolute Gasteiger partial charge is 0.236 e. The molecule has 0 bridgehead atoms. The van der Waals surface area contributed by atoms with Gasteiger partial charge in [0.25, 0.3) is 0 Å². The van der Waals surface area contributed by atoms with Crippen molar-refractivity contribution in [1.82, 2.24) is 15.6 Å². The van der Waals surface area contributed by atoms with Crippen LogP contribution in [0.15, 0.2) is 33.2 Å². The molecule has 1 saturated heterocycles. The first-order chi connectivity index (χ1) is 10.8. The van der Waals surface area contributed by atoms with E-state index in [1.54, 1.807) is 24.6 Å². The number of ether oxygens (including phenoxy) is 1. The first-order valence-electron chi connectivity index (χ1n) is 7.39. The Balaban J connectivity index is 1.48. The van der Waals surface area contributed by atoms with Crippen LogP contribution in [0.1, 0.15) is 18.5 Å². The van der Waals surface area contributed by atoms with E-state index in [-0.39, 0.29) is 6.10 Å². The average Bonchev–Trinajstić information content (AvgIpc) is 3.29. The molecule has 0 radical (unpaired) electrons. The van der Waals surface area contributed by atoms with Crippen LogP contribution in [-0.2, 0) is 11.3 Å². The highest BCUT2D eigenvalue weighted by Gasteiger charge is 2.15. The lowest BCUT2D eigenvalue weighted by molar-refractivity contribution is 0.114. The van der Waals surface area contributed by atoms with E-state index in [0.717, 1.165) is 42.5 Å². The van der Waals surface area contributed by atoms with Gasteiger partial charge < -0.3 is 19.8 Å². The molecule has 2 N–H and O–H groups in total. The van der Waals surface area contributed by atoms with Gasteiger partial charge in [-0.1, -0.05) is 6.07 Å². The summed E-state index contributed by atoms with van der Waals surface area (Å²) in [5.41, 5.74) is 0.850. The van der Waals surface area contributed by atoms with Crippen LogP contribution in [0.5, 0.6) is 0 Å². The maximum absolute atomic E-state index is 5.58. The van der Waals surface area contributed by atoms with E-state index in [0.29, 0.717) is 12.4 Å². The molecule has 22 heavy (non-hydrogen) atoms. The van der Waals surface area contributed by atoms with Crippen LogP contribution in [0.3, 0.4) is 0 Å². The number of nitrogens with one attached hydrogen (secondary N) is 2. The van der Waals surface area contributed by atoms with Gasteiger partial charge in [0.05, 0.1) is 23.2 Å². The van der Waals surface area contributed by atoms with Gasteiger partial charge in [-0.3, -0.25) is 4.99 Å². The molecule has 2 aromatic rings. The van der Waals surface area contributed by atoms with Crippen molar-refractivity contribution in [1.29, 1.82) is 0 Å². The number of hydrogen-bond donors (Lipinski definition) is 2. The van der Waals surface area contributed by atoms with Crippen molar-refractivity contribution >= 4 is 17.3 Å². The van der Waals surface area contributed by atoms with Gasteiger partial charge in [0.2, 0.25) is 5.89 Å². The topological polar surface area (TPSA) is 71.7 Å². The van der Waals surface area contributed by atoms with E-state index >= 15 is 0 Å². The first kappa shape index (κ1) is 15.1. The molecular weight excluding hydrogens is 300 g/mol. The summed E-state index contributed by atoms with van der Waals surface area (Å²) in [5.74, 6) is 1.41. The number of hydrogen-bond acceptors (Lipinski definition) is 5. The Morgan fingerprint density at radius 2 is 2.45 bits per heavy atom. The van der Waals surface area contributed by atoms with E-state index < -0.39 is 0 Å². The molecule has 0 aliphatic carbocycles. The van der Waals surface area contributed by atoms with Crippen molar-refractivity contribution in [3.63, 3.8) is 0 Å². The highest BCUT2D eigenvalue weighted by molar-refractivity contribution is 7.13. The van der Waals surface area contributed by atoms with Gasteiger partial charge >= 0.3 is 0 Å². The second-order valence-corrected chi connectivity index (χ2v) is 6.01. The molecule has 118 valence electrons. The van der Waals surface area contributed by atoms with Crippen molar-refractivity contribution in [3.05, 3.63) is 29.5 Å². The SMILES string of the molecule is CN=C(NCc1coc(-c2cccs2)n1)NCC1CCCO1. The fourth-order valence-corrected chi connectivity index (χ4v) is 2.97. The second-order valence-electron chi connectivity index (χ2n) is 5.06. The molecule has 3 rings (SSSR count). The Kier molecular flexibility index (Phi) is 5.07. The number of aromatic nitrogens is 1. The van der Waals surface area contributed by atoms with Crippen LogP contribution in [0.25, 0.3) is 10.8 Å². The average molecular weight is 320 g/mol. The molecule has 1 atom stereocenters. The van der Waals surface area contributed by atoms with Crippen molar-refractivity contribution in [2.24, 2.45) is 4.99 Å². The molecule has 0 amide bonds. The largest absolute Gasteiger partial charge is 0.443 e. The summed E-state index contributed by atoms with van der Waals surface area (Å²) < 4.78 is 11.1.